The Bertz CT molecular complexity index is 1600. The number of thioether (sulfide) groups is 1. The van der Waals surface area contributed by atoms with Crippen LogP contribution in [0.15, 0.2) is 112 Å². The molecule has 1 atom stereocenters. The summed E-state index contributed by atoms with van der Waals surface area (Å²) in [7, 11) is 1.53. The van der Waals surface area contributed by atoms with E-state index in [9.17, 15) is 14.9 Å². The molecule has 4 rings (SSSR count). The lowest BCUT2D eigenvalue weighted by atomic mass is 9.82. The first-order chi connectivity index (χ1) is 20.8. The minimum absolute atomic E-state index is 0.0152. The molecule has 10 heteroatoms. The number of halogens is 1. The number of hydrogen-bond acceptors (Lipinski definition) is 8. The predicted molar refractivity (Wildman–Crippen MR) is 171 cm³/mol. The van der Waals surface area contributed by atoms with Gasteiger partial charge in [-0.05, 0) is 54.4 Å². The van der Waals surface area contributed by atoms with Gasteiger partial charge < -0.3 is 24.8 Å². The highest BCUT2D eigenvalue weighted by atomic mass is 79.9. The van der Waals surface area contributed by atoms with E-state index in [4.69, 9.17) is 14.2 Å². The summed E-state index contributed by atoms with van der Waals surface area (Å²) in [6, 6.07) is 24.6. The van der Waals surface area contributed by atoms with Crippen LogP contribution in [0.3, 0.4) is 0 Å². The van der Waals surface area contributed by atoms with Crippen LogP contribution in [0.25, 0.3) is 0 Å². The van der Waals surface area contributed by atoms with Gasteiger partial charge in [0.2, 0.25) is 5.91 Å². The standard InChI is InChI=1S/C33H30BrN3O5S/c1-4-16-41-33(39)30-21(2)36-32(43-20-29(38)37-25-13-11-24(34)12-14-25)26(18-35)31(30)23-10-15-27(28(17-23)40-3)42-19-22-8-6-5-7-9-22/h4-15,17,31,36H,1,16,19-20H2,2-3H3,(H,37,38)/t31-/m0/s1. The first kappa shape index (κ1) is 31.5. The van der Waals surface area contributed by atoms with Gasteiger partial charge >= 0.3 is 5.97 Å². The molecule has 0 fully saturated rings. The molecule has 0 bridgehead atoms. The van der Waals surface area contributed by atoms with E-state index in [1.54, 1.807) is 37.3 Å². The molecule has 3 aromatic rings. The summed E-state index contributed by atoms with van der Waals surface area (Å²) in [6.07, 6.45) is 1.48. The summed E-state index contributed by atoms with van der Waals surface area (Å²) in [5.41, 5.74) is 3.35. The first-order valence-corrected chi connectivity index (χ1v) is 15.0. The van der Waals surface area contributed by atoms with Crippen molar-refractivity contribution in [2.75, 3.05) is 24.8 Å². The van der Waals surface area contributed by atoms with Crippen molar-refractivity contribution >= 4 is 45.3 Å². The molecule has 0 saturated carbocycles. The highest BCUT2D eigenvalue weighted by molar-refractivity contribution is 9.10. The number of nitrogens with zero attached hydrogens (tertiary/aromatic N) is 1. The van der Waals surface area contributed by atoms with Gasteiger partial charge in [-0.25, -0.2) is 4.79 Å². The number of anilines is 1. The topological polar surface area (TPSA) is 110 Å². The molecular formula is C33H30BrN3O5S. The number of ether oxygens (including phenoxy) is 3. The highest BCUT2D eigenvalue weighted by Gasteiger charge is 2.36. The van der Waals surface area contributed by atoms with Crippen LogP contribution in [-0.4, -0.2) is 31.3 Å². The lowest BCUT2D eigenvalue weighted by Gasteiger charge is -2.29. The highest BCUT2D eigenvalue weighted by Crippen LogP contribution is 2.43. The Kier molecular flexibility index (Phi) is 11.1. The molecular weight excluding hydrogens is 630 g/mol. The number of esters is 1. The average Bonchev–Trinajstić information content (AvgIpc) is 3.02. The van der Waals surface area contributed by atoms with Gasteiger partial charge in [0.05, 0.1) is 41.0 Å². The van der Waals surface area contributed by atoms with Crippen molar-refractivity contribution in [1.29, 1.82) is 5.26 Å². The number of hydrogen-bond donors (Lipinski definition) is 2. The molecule has 0 saturated heterocycles. The lowest BCUT2D eigenvalue weighted by Crippen LogP contribution is -2.29. The van der Waals surface area contributed by atoms with E-state index in [0.717, 1.165) is 10.0 Å². The van der Waals surface area contributed by atoms with Crippen LogP contribution in [0, 0.1) is 11.3 Å². The molecule has 2 N–H and O–H groups in total. The number of dihydropyridines is 1. The second-order valence-electron chi connectivity index (χ2n) is 9.37. The lowest BCUT2D eigenvalue weighted by molar-refractivity contribution is -0.138. The van der Waals surface area contributed by atoms with Crippen molar-refractivity contribution in [3.05, 3.63) is 123 Å². The zero-order valence-electron chi connectivity index (χ0n) is 23.7. The molecule has 220 valence electrons. The number of carbonyl (C=O) groups excluding carboxylic acids is 2. The van der Waals surface area contributed by atoms with Crippen molar-refractivity contribution < 1.29 is 23.8 Å². The zero-order chi connectivity index (χ0) is 30.8. The van der Waals surface area contributed by atoms with E-state index in [1.165, 1.54) is 24.9 Å². The van der Waals surface area contributed by atoms with Gasteiger partial charge in [-0.15, -0.1) is 0 Å². The van der Waals surface area contributed by atoms with E-state index in [-0.39, 0.29) is 29.4 Å². The van der Waals surface area contributed by atoms with Gasteiger partial charge in [-0.3, -0.25) is 4.79 Å². The average molecular weight is 661 g/mol. The molecule has 0 aromatic heterocycles. The first-order valence-electron chi connectivity index (χ1n) is 13.3. The molecule has 1 aliphatic heterocycles. The number of methoxy groups -OCH3 is 1. The normalized spacial score (nSPS) is 14.3. The third-order valence-corrected chi connectivity index (χ3v) is 7.98. The number of nitrogens with one attached hydrogen (secondary N) is 2. The van der Waals surface area contributed by atoms with Crippen molar-refractivity contribution in [1.82, 2.24) is 5.32 Å². The number of nitriles is 1. The van der Waals surface area contributed by atoms with Crippen LogP contribution < -0.4 is 20.1 Å². The number of benzene rings is 3. The number of allylic oxidation sites excluding steroid dienone is 2. The van der Waals surface area contributed by atoms with Crippen molar-refractivity contribution in [2.24, 2.45) is 0 Å². The summed E-state index contributed by atoms with van der Waals surface area (Å²) < 4.78 is 18.0. The number of amides is 1. The minimum Gasteiger partial charge on any atom is -0.493 e. The molecule has 0 radical (unpaired) electrons. The quantitative estimate of drug-likeness (QED) is 0.161. The summed E-state index contributed by atoms with van der Waals surface area (Å²) in [4.78, 5) is 26.0. The van der Waals surface area contributed by atoms with Gasteiger partial charge in [0.15, 0.2) is 11.5 Å². The van der Waals surface area contributed by atoms with Gasteiger partial charge in [0.25, 0.3) is 0 Å². The maximum Gasteiger partial charge on any atom is 0.337 e. The Morgan fingerprint density at radius 1 is 1.12 bits per heavy atom. The van der Waals surface area contributed by atoms with E-state index in [1.807, 2.05) is 42.5 Å². The van der Waals surface area contributed by atoms with Gasteiger partial charge in [0, 0.05) is 15.9 Å². The minimum atomic E-state index is -0.780. The van der Waals surface area contributed by atoms with Gasteiger partial charge in [-0.1, -0.05) is 76.7 Å². The maximum atomic E-state index is 13.3. The van der Waals surface area contributed by atoms with Gasteiger partial charge in [0.1, 0.15) is 13.2 Å². The molecule has 0 spiro atoms. The fourth-order valence-corrected chi connectivity index (χ4v) is 5.59. The monoisotopic (exact) mass is 659 g/mol. The smallest absolute Gasteiger partial charge is 0.337 e. The summed E-state index contributed by atoms with van der Waals surface area (Å²) >= 11 is 4.56. The molecule has 1 heterocycles. The molecule has 3 aromatic carbocycles. The third kappa shape index (κ3) is 8.09. The van der Waals surface area contributed by atoms with Gasteiger partial charge in [-0.2, -0.15) is 5.26 Å². The zero-order valence-corrected chi connectivity index (χ0v) is 26.1. The predicted octanol–water partition coefficient (Wildman–Crippen LogP) is 6.83. The Balaban J connectivity index is 1.64. The fourth-order valence-electron chi connectivity index (χ4n) is 4.43. The summed E-state index contributed by atoms with van der Waals surface area (Å²) in [5, 5.41) is 16.8. The molecule has 0 aliphatic carbocycles. The number of carbonyl (C=O) groups is 2. The van der Waals surface area contributed by atoms with Crippen molar-refractivity contribution in [3.8, 4) is 17.6 Å². The van der Waals surface area contributed by atoms with Crippen LogP contribution >= 0.6 is 27.7 Å². The number of rotatable bonds is 12. The summed E-state index contributed by atoms with van der Waals surface area (Å²) in [5.74, 6) is -0.600. The van der Waals surface area contributed by atoms with Crippen LogP contribution in [0.2, 0.25) is 0 Å². The summed E-state index contributed by atoms with van der Waals surface area (Å²) in [6.45, 7) is 5.72. The molecule has 1 aliphatic rings. The maximum absolute atomic E-state index is 13.3. The Hall–Kier alpha value is -4.46. The molecule has 8 nitrogen and oxygen atoms in total. The Labute approximate surface area is 263 Å². The van der Waals surface area contributed by atoms with Crippen LogP contribution in [0.1, 0.15) is 24.0 Å². The molecule has 0 unspecified atom stereocenters. The Morgan fingerprint density at radius 2 is 1.86 bits per heavy atom. The van der Waals surface area contributed by atoms with E-state index in [0.29, 0.717) is 40.1 Å². The third-order valence-electron chi connectivity index (χ3n) is 6.43. The van der Waals surface area contributed by atoms with Crippen molar-refractivity contribution in [2.45, 2.75) is 19.4 Å². The van der Waals surface area contributed by atoms with Crippen LogP contribution in [0.5, 0.6) is 11.5 Å². The van der Waals surface area contributed by atoms with Crippen LogP contribution in [0.4, 0.5) is 5.69 Å². The fraction of sp³-hybridized carbons (Fsp3) is 0.182. The molecule has 1 amide bonds. The van der Waals surface area contributed by atoms with E-state index >= 15 is 0 Å². The largest absolute Gasteiger partial charge is 0.493 e. The van der Waals surface area contributed by atoms with Crippen LogP contribution in [-0.2, 0) is 20.9 Å². The molecule has 43 heavy (non-hydrogen) atoms. The van der Waals surface area contributed by atoms with Crippen molar-refractivity contribution in [3.63, 3.8) is 0 Å². The van der Waals surface area contributed by atoms with E-state index < -0.39 is 11.9 Å². The van der Waals surface area contributed by atoms with E-state index in [2.05, 4.69) is 39.2 Å². The second kappa shape index (κ2) is 15.1. The second-order valence-corrected chi connectivity index (χ2v) is 11.3. The Morgan fingerprint density at radius 3 is 2.53 bits per heavy atom. The SMILES string of the molecule is C=CCOC(=O)C1=C(C)NC(SCC(=O)Nc2ccc(Br)cc2)=C(C#N)[C@@H]1c1ccc(OCc2ccccc2)c(OC)c1.